The maximum absolute atomic E-state index is 13.6. The van der Waals surface area contributed by atoms with Crippen LogP contribution in [0.15, 0.2) is 90.5 Å². The zero-order valence-electron chi connectivity index (χ0n) is 17.3. The van der Waals surface area contributed by atoms with Crippen LogP contribution < -0.4 is 4.31 Å². The van der Waals surface area contributed by atoms with Gasteiger partial charge in [0.25, 0.3) is 15.7 Å². The van der Waals surface area contributed by atoms with Crippen LogP contribution in [0.3, 0.4) is 0 Å². The molecule has 0 saturated carbocycles. The molecule has 0 unspecified atom stereocenters. The highest BCUT2D eigenvalue weighted by Gasteiger charge is 2.33. The quantitative estimate of drug-likeness (QED) is 0.309. The van der Waals surface area contributed by atoms with Crippen LogP contribution in [0, 0.1) is 10.1 Å². The van der Waals surface area contributed by atoms with Crippen molar-refractivity contribution in [2.75, 3.05) is 4.31 Å². The maximum Gasteiger partial charge on any atom is 0.269 e. The highest BCUT2D eigenvalue weighted by Crippen LogP contribution is 2.41. The van der Waals surface area contributed by atoms with Gasteiger partial charge in [0.05, 0.1) is 22.1 Å². The molecule has 0 amide bonds. The number of hydrogen-bond donors (Lipinski definition) is 1. The Morgan fingerprint density at radius 2 is 1.70 bits per heavy atom. The molecule has 1 N–H and O–H groups in total. The van der Waals surface area contributed by atoms with Gasteiger partial charge in [0, 0.05) is 34.8 Å². The first kappa shape index (κ1) is 20.7. The molecule has 1 aliphatic rings. The molecule has 5 rings (SSSR count). The topological polar surface area (TPSA) is 96.3 Å². The fourth-order valence-electron chi connectivity index (χ4n) is 4.05. The number of fused-ring (bicyclic) bond motifs is 2. The second kappa shape index (κ2) is 8.07. The normalized spacial score (nSPS) is 15.8. The summed E-state index contributed by atoms with van der Waals surface area (Å²) in [5.41, 5.74) is 3.67. The number of nitrogens with zero attached hydrogens (tertiary/aromatic N) is 2. The third kappa shape index (κ3) is 3.81. The van der Waals surface area contributed by atoms with Crippen LogP contribution in [0.25, 0.3) is 23.1 Å². The van der Waals surface area contributed by atoms with E-state index >= 15 is 0 Å². The summed E-state index contributed by atoms with van der Waals surface area (Å²) in [7, 11) is -3.91. The Bertz CT molecular complexity index is 1520. The van der Waals surface area contributed by atoms with Gasteiger partial charge in [-0.3, -0.25) is 14.4 Å². The number of para-hydroxylation sites is 2. The summed E-state index contributed by atoms with van der Waals surface area (Å²) >= 11 is 0. The lowest BCUT2D eigenvalue weighted by atomic mass is 9.99. The molecule has 164 valence electrons. The van der Waals surface area contributed by atoms with Crippen molar-refractivity contribution in [1.82, 2.24) is 4.98 Å². The highest BCUT2D eigenvalue weighted by atomic mass is 32.2. The van der Waals surface area contributed by atoms with Crippen molar-refractivity contribution in [3.8, 4) is 0 Å². The van der Waals surface area contributed by atoms with Crippen LogP contribution in [-0.4, -0.2) is 18.3 Å². The van der Waals surface area contributed by atoms with Crippen molar-refractivity contribution in [3.05, 3.63) is 117 Å². The van der Waals surface area contributed by atoms with Gasteiger partial charge in [-0.25, -0.2) is 8.42 Å². The molecule has 0 bridgehead atoms. The van der Waals surface area contributed by atoms with Crippen LogP contribution >= 0.6 is 0 Å². The zero-order chi connectivity index (χ0) is 23.0. The largest absolute Gasteiger partial charge is 0.361 e. The SMILES string of the molecule is O=[N+]([O-])c1ccc(/C=C/S(=O)(=O)N2c3ccccc3C=C[C@H]2c2c[nH]c3ccccc23)cc1. The van der Waals surface area contributed by atoms with Crippen LogP contribution in [0.5, 0.6) is 0 Å². The molecule has 8 heteroatoms. The summed E-state index contributed by atoms with van der Waals surface area (Å²) in [6.45, 7) is 0. The molecule has 0 saturated heterocycles. The number of hydrogen-bond acceptors (Lipinski definition) is 4. The van der Waals surface area contributed by atoms with E-state index in [4.69, 9.17) is 0 Å². The van der Waals surface area contributed by atoms with Gasteiger partial charge in [0.1, 0.15) is 0 Å². The lowest BCUT2D eigenvalue weighted by Gasteiger charge is -2.33. The summed E-state index contributed by atoms with van der Waals surface area (Å²) in [6, 6.07) is 20.3. The van der Waals surface area contributed by atoms with E-state index in [-0.39, 0.29) is 5.69 Å². The molecule has 0 fully saturated rings. The predicted molar refractivity (Wildman–Crippen MR) is 130 cm³/mol. The van der Waals surface area contributed by atoms with E-state index in [2.05, 4.69) is 4.98 Å². The van der Waals surface area contributed by atoms with E-state index in [1.54, 1.807) is 6.07 Å². The summed E-state index contributed by atoms with van der Waals surface area (Å²) in [4.78, 5) is 13.6. The van der Waals surface area contributed by atoms with E-state index in [1.807, 2.05) is 60.8 Å². The Morgan fingerprint density at radius 3 is 2.48 bits per heavy atom. The maximum atomic E-state index is 13.6. The first-order valence-corrected chi connectivity index (χ1v) is 11.7. The van der Waals surface area contributed by atoms with Crippen LogP contribution in [0.1, 0.15) is 22.7 Å². The Hall–Kier alpha value is -4.17. The van der Waals surface area contributed by atoms with Crippen molar-refractivity contribution in [2.24, 2.45) is 0 Å². The molecule has 0 radical (unpaired) electrons. The van der Waals surface area contributed by atoms with E-state index < -0.39 is 21.0 Å². The Kier molecular flexibility index (Phi) is 5.07. The summed E-state index contributed by atoms with van der Waals surface area (Å²) < 4.78 is 28.7. The van der Waals surface area contributed by atoms with Gasteiger partial charge in [-0.2, -0.15) is 0 Å². The summed E-state index contributed by atoms with van der Waals surface area (Å²) in [5, 5.41) is 13.0. The number of aromatic amines is 1. The minimum absolute atomic E-state index is 0.0514. The highest BCUT2D eigenvalue weighted by molar-refractivity contribution is 7.95. The number of non-ortho nitro benzene ring substituents is 1. The minimum atomic E-state index is -3.91. The number of benzene rings is 3. The number of sulfonamides is 1. The third-order valence-corrected chi connectivity index (χ3v) is 7.09. The molecule has 1 aromatic heterocycles. The molecule has 1 atom stereocenters. The first-order chi connectivity index (χ1) is 15.9. The van der Waals surface area contributed by atoms with Crippen LogP contribution in [0.4, 0.5) is 11.4 Å². The predicted octanol–water partition coefficient (Wildman–Crippen LogP) is 5.65. The molecular formula is C25H19N3O4S. The van der Waals surface area contributed by atoms with Crippen molar-refractivity contribution in [3.63, 3.8) is 0 Å². The Labute approximate surface area is 190 Å². The number of aromatic nitrogens is 1. The van der Waals surface area contributed by atoms with E-state index in [0.29, 0.717) is 11.3 Å². The van der Waals surface area contributed by atoms with Gasteiger partial charge in [0.15, 0.2) is 0 Å². The second-order valence-electron chi connectivity index (χ2n) is 7.64. The lowest BCUT2D eigenvalue weighted by molar-refractivity contribution is -0.384. The fraction of sp³-hybridized carbons (Fsp3) is 0.0400. The average Bonchev–Trinajstić information content (AvgIpc) is 3.26. The van der Waals surface area contributed by atoms with E-state index in [0.717, 1.165) is 27.4 Å². The van der Waals surface area contributed by atoms with Crippen LogP contribution in [0.2, 0.25) is 0 Å². The van der Waals surface area contributed by atoms with Crippen LogP contribution in [-0.2, 0) is 10.0 Å². The molecule has 33 heavy (non-hydrogen) atoms. The standard InChI is InChI=1S/C25H19N3O4S/c29-28(30)20-12-9-18(10-13-20)15-16-33(31,32)27-24-8-4-1-5-19(24)11-14-25(27)22-17-26-23-7-3-2-6-21(22)23/h1-17,25-26H/b16-15+/t25-/m0/s1. The van der Waals surface area contributed by atoms with Crippen molar-refractivity contribution in [2.45, 2.75) is 6.04 Å². The monoisotopic (exact) mass is 457 g/mol. The van der Waals surface area contributed by atoms with Gasteiger partial charge >= 0.3 is 0 Å². The first-order valence-electron chi connectivity index (χ1n) is 10.2. The lowest BCUT2D eigenvalue weighted by Crippen LogP contribution is -2.34. The third-order valence-electron chi connectivity index (χ3n) is 5.64. The average molecular weight is 458 g/mol. The molecule has 1 aliphatic heterocycles. The van der Waals surface area contributed by atoms with Gasteiger partial charge in [-0.05, 0) is 41.5 Å². The van der Waals surface area contributed by atoms with Crippen molar-refractivity contribution >= 4 is 44.5 Å². The summed E-state index contributed by atoms with van der Waals surface area (Å²) in [5.74, 6) is 0. The van der Waals surface area contributed by atoms with Crippen molar-refractivity contribution < 1.29 is 13.3 Å². The van der Waals surface area contributed by atoms with Gasteiger partial charge < -0.3 is 4.98 Å². The number of H-pyrrole nitrogens is 1. The molecule has 7 nitrogen and oxygen atoms in total. The smallest absolute Gasteiger partial charge is 0.269 e. The van der Waals surface area contributed by atoms with E-state index in [1.165, 1.54) is 34.6 Å². The fourth-order valence-corrected chi connectivity index (χ4v) is 5.45. The number of nitro benzene ring substituents is 1. The number of anilines is 1. The summed E-state index contributed by atoms with van der Waals surface area (Å²) in [6.07, 6.45) is 7.12. The number of nitrogens with one attached hydrogen (secondary N) is 1. The van der Waals surface area contributed by atoms with Gasteiger partial charge in [0.2, 0.25) is 0 Å². The van der Waals surface area contributed by atoms with Gasteiger partial charge in [-0.15, -0.1) is 0 Å². The molecule has 0 aliphatic carbocycles. The molecule has 2 heterocycles. The van der Waals surface area contributed by atoms with Crippen molar-refractivity contribution in [1.29, 1.82) is 0 Å². The molecular weight excluding hydrogens is 438 g/mol. The number of nitro groups is 1. The van der Waals surface area contributed by atoms with Gasteiger partial charge in [-0.1, -0.05) is 48.6 Å². The minimum Gasteiger partial charge on any atom is -0.361 e. The second-order valence-corrected chi connectivity index (χ2v) is 9.34. The molecule has 3 aromatic carbocycles. The zero-order valence-corrected chi connectivity index (χ0v) is 18.1. The number of rotatable bonds is 5. The van der Waals surface area contributed by atoms with E-state index in [9.17, 15) is 18.5 Å². The molecule has 0 spiro atoms. The Morgan fingerprint density at radius 1 is 0.970 bits per heavy atom. The Balaban J connectivity index is 1.58. The molecule has 4 aromatic rings.